The molecular formula is C19H19N3O2S. The number of ether oxygens (including phenoxy) is 1. The average Bonchev–Trinajstić information content (AvgIpc) is 2.62. The predicted molar refractivity (Wildman–Crippen MR) is 102 cm³/mol. The molecule has 1 amide bonds. The molecule has 2 aromatic carbocycles. The summed E-state index contributed by atoms with van der Waals surface area (Å²) in [5, 5.41) is 9.64. The van der Waals surface area contributed by atoms with Gasteiger partial charge in [0.15, 0.2) is 5.11 Å². The molecule has 1 aliphatic rings. The summed E-state index contributed by atoms with van der Waals surface area (Å²) in [7, 11) is 1.62. The van der Waals surface area contributed by atoms with E-state index in [-0.39, 0.29) is 11.9 Å². The first-order chi connectivity index (χ1) is 12.1. The molecule has 0 saturated carbocycles. The van der Waals surface area contributed by atoms with Crippen LogP contribution in [0.25, 0.3) is 0 Å². The van der Waals surface area contributed by atoms with Gasteiger partial charge in [0.05, 0.1) is 18.7 Å². The van der Waals surface area contributed by atoms with Crippen molar-refractivity contribution in [2.24, 2.45) is 0 Å². The Morgan fingerprint density at radius 3 is 2.44 bits per heavy atom. The maximum absolute atomic E-state index is 12.9. The molecule has 0 bridgehead atoms. The maximum atomic E-state index is 12.9. The smallest absolute Gasteiger partial charge is 0.255 e. The Kier molecular flexibility index (Phi) is 5.00. The summed E-state index contributed by atoms with van der Waals surface area (Å²) in [6, 6.07) is 16.6. The molecule has 1 atom stereocenters. The van der Waals surface area contributed by atoms with Gasteiger partial charge in [0.25, 0.3) is 5.91 Å². The number of carbonyl (C=O) groups excluding carboxylic acids is 1. The Hall–Kier alpha value is -2.86. The van der Waals surface area contributed by atoms with E-state index in [1.807, 2.05) is 61.5 Å². The zero-order valence-corrected chi connectivity index (χ0v) is 14.8. The molecule has 5 nitrogen and oxygen atoms in total. The molecule has 0 fully saturated rings. The highest BCUT2D eigenvalue weighted by Gasteiger charge is 2.29. The van der Waals surface area contributed by atoms with Crippen molar-refractivity contribution in [2.75, 3.05) is 12.4 Å². The molecule has 3 N–H and O–H groups in total. The molecule has 0 radical (unpaired) electrons. The Morgan fingerprint density at radius 1 is 1.12 bits per heavy atom. The first-order valence-electron chi connectivity index (χ1n) is 7.87. The highest BCUT2D eigenvalue weighted by Crippen LogP contribution is 2.29. The van der Waals surface area contributed by atoms with E-state index in [0.717, 1.165) is 22.7 Å². The molecular weight excluding hydrogens is 334 g/mol. The molecule has 0 spiro atoms. The zero-order chi connectivity index (χ0) is 17.8. The third-order valence-corrected chi connectivity index (χ3v) is 4.21. The Morgan fingerprint density at radius 2 is 1.80 bits per heavy atom. The van der Waals surface area contributed by atoms with Crippen molar-refractivity contribution in [1.29, 1.82) is 0 Å². The van der Waals surface area contributed by atoms with E-state index in [2.05, 4.69) is 16.0 Å². The lowest BCUT2D eigenvalue weighted by Crippen LogP contribution is -2.45. The van der Waals surface area contributed by atoms with Crippen molar-refractivity contribution in [3.8, 4) is 5.75 Å². The van der Waals surface area contributed by atoms with Crippen LogP contribution in [0.15, 0.2) is 65.9 Å². The Bertz CT molecular complexity index is 816. The van der Waals surface area contributed by atoms with Gasteiger partial charge < -0.3 is 20.7 Å². The number of amides is 1. The molecule has 6 heteroatoms. The van der Waals surface area contributed by atoms with Crippen molar-refractivity contribution in [3.05, 3.63) is 71.4 Å². The molecule has 1 aliphatic heterocycles. The summed E-state index contributed by atoms with van der Waals surface area (Å²) in [5.74, 6) is 0.586. The van der Waals surface area contributed by atoms with Crippen LogP contribution in [-0.4, -0.2) is 18.1 Å². The van der Waals surface area contributed by atoms with E-state index < -0.39 is 0 Å². The molecule has 0 saturated heterocycles. The average molecular weight is 353 g/mol. The van der Waals surface area contributed by atoms with Gasteiger partial charge in [-0.15, -0.1) is 0 Å². The number of carbonyl (C=O) groups is 1. The second-order valence-corrected chi connectivity index (χ2v) is 6.07. The quantitative estimate of drug-likeness (QED) is 0.737. The zero-order valence-electron chi connectivity index (χ0n) is 14.0. The number of hydrogen-bond acceptors (Lipinski definition) is 3. The second-order valence-electron chi connectivity index (χ2n) is 5.66. The molecule has 0 aliphatic carbocycles. The number of allylic oxidation sites excluding steroid dienone is 1. The van der Waals surface area contributed by atoms with Gasteiger partial charge >= 0.3 is 0 Å². The van der Waals surface area contributed by atoms with Crippen LogP contribution in [0.2, 0.25) is 0 Å². The van der Waals surface area contributed by atoms with Crippen LogP contribution in [-0.2, 0) is 4.79 Å². The number of benzene rings is 2. The summed E-state index contributed by atoms with van der Waals surface area (Å²) in [4.78, 5) is 12.9. The number of anilines is 1. The van der Waals surface area contributed by atoms with Gasteiger partial charge in [-0.3, -0.25) is 4.79 Å². The second kappa shape index (κ2) is 7.36. The van der Waals surface area contributed by atoms with Crippen LogP contribution < -0.4 is 20.7 Å². The molecule has 0 aromatic heterocycles. The fourth-order valence-corrected chi connectivity index (χ4v) is 3.03. The Labute approximate surface area is 152 Å². The third-order valence-electron chi connectivity index (χ3n) is 3.99. The van der Waals surface area contributed by atoms with Crippen molar-refractivity contribution in [3.63, 3.8) is 0 Å². The van der Waals surface area contributed by atoms with Gasteiger partial charge in [0.2, 0.25) is 0 Å². The molecule has 3 rings (SSSR count). The van der Waals surface area contributed by atoms with Gasteiger partial charge in [-0.1, -0.05) is 30.3 Å². The fourth-order valence-electron chi connectivity index (χ4n) is 2.76. The maximum Gasteiger partial charge on any atom is 0.255 e. The van der Waals surface area contributed by atoms with Gasteiger partial charge in [-0.25, -0.2) is 0 Å². The number of methoxy groups -OCH3 is 1. The van der Waals surface area contributed by atoms with Crippen LogP contribution in [0, 0.1) is 0 Å². The summed E-state index contributed by atoms with van der Waals surface area (Å²) in [6.45, 7) is 1.85. The third kappa shape index (κ3) is 3.80. The Balaban J connectivity index is 1.93. The number of para-hydroxylation sites is 1. The van der Waals surface area contributed by atoms with E-state index in [9.17, 15) is 4.79 Å². The highest BCUT2D eigenvalue weighted by molar-refractivity contribution is 7.80. The van der Waals surface area contributed by atoms with Crippen molar-refractivity contribution in [2.45, 2.75) is 13.0 Å². The summed E-state index contributed by atoms with van der Waals surface area (Å²) >= 11 is 5.26. The topological polar surface area (TPSA) is 62.4 Å². The van der Waals surface area contributed by atoms with Crippen molar-refractivity contribution in [1.82, 2.24) is 10.6 Å². The normalized spacial score (nSPS) is 16.7. The molecule has 1 heterocycles. The molecule has 128 valence electrons. The standard InChI is InChI=1S/C19H19N3O2S/c1-12-16(18(23)21-14-6-4-3-5-7-14)17(22-19(25)20-12)13-8-10-15(24-2)11-9-13/h3-11,17H,1-2H3,(H,21,23)(H2,20,22,25). The van der Waals surface area contributed by atoms with E-state index in [4.69, 9.17) is 17.0 Å². The monoisotopic (exact) mass is 353 g/mol. The minimum Gasteiger partial charge on any atom is -0.497 e. The van der Waals surface area contributed by atoms with Crippen LogP contribution in [0.1, 0.15) is 18.5 Å². The lowest BCUT2D eigenvalue weighted by molar-refractivity contribution is -0.113. The lowest BCUT2D eigenvalue weighted by atomic mass is 9.95. The number of nitrogens with one attached hydrogen (secondary N) is 3. The first kappa shape index (κ1) is 17.0. The number of thiocarbonyl (C=S) groups is 1. The van der Waals surface area contributed by atoms with Crippen LogP contribution in [0.3, 0.4) is 0 Å². The molecule has 1 unspecified atom stereocenters. The molecule has 25 heavy (non-hydrogen) atoms. The van der Waals surface area contributed by atoms with Crippen molar-refractivity contribution >= 4 is 28.9 Å². The summed E-state index contributed by atoms with van der Waals surface area (Å²) in [5.41, 5.74) is 3.01. The number of rotatable bonds is 4. The van der Waals surface area contributed by atoms with Crippen molar-refractivity contribution < 1.29 is 9.53 Å². The lowest BCUT2D eigenvalue weighted by Gasteiger charge is -2.30. The van der Waals surface area contributed by atoms with E-state index >= 15 is 0 Å². The van der Waals surface area contributed by atoms with E-state index in [0.29, 0.717) is 10.7 Å². The van der Waals surface area contributed by atoms with Crippen LogP contribution >= 0.6 is 12.2 Å². The largest absolute Gasteiger partial charge is 0.497 e. The SMILES string of the molecule is COc1ccc(C2NC(=S)NC(C)=C2C(=O)Nc2ccccc2)cc1. The van der Waals surface area contributed by atoms with E-state index in [1.165, 1.54) is 0 Å². The highest BCUT2D eigenvalue weighted by atomic mass is 32.1. The minimum absolute atomic E-state index is 0.174. The van der Waals surface area contributed by atoms with Crippen LogP contribution in [0.4, 0.5) is 5.69 Å². The van der Waals surface area contributed by atoms with Gasteiger partial charge in [0, 0.05) is 11.4 Å². The number of hydrogen-bond donors (Lipinski definition) is 3. The predicted octanol–water partition coefficient (Wildman–Crippen LogP) is 3.13. The summed E-state index contributed by atoms with van der Waals surface area (Å²) in [6.07, 6.45) is 0. The van der Waals surface area contributed by atoms with E-state index in [1.54, 1.807) is 7.11 Å². The van der Waals surface area contributed by atoms with Gasteiger partial charge in [-0.05, 0) is 49.0 Å². The minimum atomic E-state index is -0.330. The summed E-state index contributed by atoms with van der Waals surface area (Å²) < 4.78 is 5.20. The van der Waals surface area contributed by atoms with Gasteiger partial charge in [-0.2, -0.15) is 0 Å². The van der Waals surface area contributed by atoms with Gasteiger partial charge in [0.1, 0.15) is 5.75 Å². The fraction of sp³-hybridized carbons (Fsp3) is 0.158. The molecule has 2 aromatic rings. The first-order valence-corrected chi connectivity index (χ1v) is 8.28. The van der Waals surface area contributed by atoms with Crippen LogP contribution in [0.5, 0.6) is 5.75 Å².